The molecule has 9 heavy (non-hydrogen) atoms. The molecule has 3 N–H and O–H groups in total. The van der Waals surface area contributed by atoms with Crippen LogP contribution in [0.25, 0.3) is 10.4 Å². The maximum atomic E-state index is 8.19. The second kappa shape index (κ2) is 4.89. The largest absolute Gasteiger partial charge is 0.394 e. The average Bonchev–Trinajstić information content (AvgIpc) is 1.85. The third-order valence-electron chi connectivity index (χ3n) is 0.521. The molecular weight excluding hydrogens is 122 g/mol. The van der Waals surface area contributed by atoms with E-state index in [1.54, 1.807) is 0 Å². The van der Waals surface area contributed by atoms with Crippen LogP contribution in [0.15, 0.2) is 10.1 Å². The van der Waals surface area contributed by atoms with Crippen LogP contribution in [0.5, 0.6) is 0 Å². The Morgan fingerprint density at radius 1 is 1.78 bits per heavy atom. The van der Waals surface area contributed by atoms with E-state index < -0.39 is 0 Å². The van der Waals surface area contributed by atoms with Gasteiger partial charge in [0.2, 0.25) is 0 Å². The zero-order chi connectivity index (χ0) is 7.11. The summed E-state index contributed by atoms with van der Waals surface area (Å²) in [5, 5.41) is 11.1. The molecule has 0 atom stereocenters. The van der Waals surface area contributed by atoms with E-state index in [1.165, 1.54) is 0 Å². The van der Waals surface area contributed by atoms with Crippen molar-refractivity contribution in [3.63, 3.8) is 0 Å². The number of hydrogen-bond donors (Lipinski definition) is 2. The van der Waals surface area contributed by atoms with Crippen LogP contribution in [0.3, 0.4) is 0 Å². The Morgan fingerprint density at radius 3 is 2.89 bits per heavy atom. The molecule has 0 fully saturated rings. The molecule has 6 heteroatoms. The van der Waals surface area contributed by atoms with E-state index in [9.17, 15) is 0 Å². The molecule has 0 aromatic carbocycles. The molecule has 0 aliphatic carbocycles. The molecule has 0 aromatic heterocycles. The number of nitrogens with zero attached hydrogens (tertiary/aromatic N) is 4. The molecule has 0 aliphatic rings. The Hall–Kier alpha value is -1.26. The van der Waals surface area contributed by atoms with Crippen molar-refractivity contribution in [2.24, 2.45) is 15.8 Å². The molecule has 0 rings (SSSR count). The summed E-state index contributed by atoms with van der Waals surface area (Å²) in [4.78, 5) is 5.83. The average molecular weight is 129 g/mol. The third-order valence-corrected chi connectivity index (χ3v) is 0.521. The zero-order valence-corrected chi connectivity index (χ0v) is 4.73. The van der Waals surface area contributed by atoms with Crippen LogP contribution < -0.4 is 5.73 Å². The minimum Gasteiger partial charge on any atom is -0.394 e. The fourth-order valence-corrected chi connectivity index (χ4v) is 0.242. The van der Waals surface area contributed by atoms with Gasteiger partial charge < -0.3 is 10.8 Å². The SMILES string of the molecule is [N-]=[N+]=NC(N)=NCCO. The van der Waals surface area contributed by atoms with Gasteiger partial charge in [0.1, 0.15) is 0 Å². The smallest absolute Gasteiger partial charge is 0.182 e. The lowest BCUT2D eigenvalue weighted by Crippen LogP contribution is -2.08. The second-order valence-electron chi connectivity index (χ2n) is 1.15. The van der Waals surface area contributed by atoms with Crippen molar-refractivity contribution < 1.29 is 5.11 Å². The van der Waals surface area contributed by atoms with Gasteiger partial charge in [-0.15, -0.1) is 0 Å². The highest BCUT2D eigenvalue weighted by atomic mass is 16.3. The topological polar surface area (TPSA) is 107 Å². The first-order valence-electron chi connectivity index (χ1n) is 2.27. The zero-order valence-electron chi connectivity index (χ0n) is 4.73. The van der Waals surface area contributed by atoms with Crippen molar-refractivity contribution >= 4 is 5.96 Å². The molecule has 0 heterocycles. The number of guanidine groups is 1. The molecule has 50 valence electrons. The summed E-state index contributed by atoms with van der Waals surface area (Å²) in [5.41, 5.74) is 12.8. The van der Waals surface area contributed by atoms with Crippen molar-refractivity contribution in [3.8, 4) is 0 Å². The van der Waals surface area contributed by atoms with E-state index in [0.29, 0.717) is 0 Å². The van der Waals surface area contributed by atoms with Gasteiger partial charge in [0, 0.05) is 4.91 Å². The van der Waals surface area contributed by atoms with E-state index in [4.69, 9.17) is 16.4 Å². The summed E-state index contributed by atoms with van der Waals surface area (Å²) in [6.07, 6.45) is 0. The lowest BCUT2D eigenvalue weighted by Gasteiger charge is -1.86. The van der Waals surface area contributed by atoms with Crippen molar-refractivity contribution in [1.29, 1.82) is 0 Å². The van der Waals surface area contributed by atoms with Gasteiger partial charge in [-0.05, 0) is 10.6 Å². The minimum absolute atomic E-state index is 0.0956. The van der Waals surface area contributed by atoms with Crippen LogP contribution in [0.2, 0.25) is 0 Å². The first-order valence-corrected chi connectivity index (χ1v) is 2.27. The number of azide groups is 1. The fourth-order valence-electron chi connectivity index (χ4n) is 0.242. The molecule has 0 saturated heterocycles. The van der Waals surface area contributed by atoms with Gasteiger partial charge in [-0.2, -0.15) is 0 Å². The van der Waals surface area contributed by atoms with Crippen LogP contribution >= 0.6 is 0 Å². The molecule has 0 amide bonds. The van der Waals surface area contributed by atoms with E-state index in [-0.39, 0.29) is 19.1 Å². The van der Waals surface area contributed by atoms with Gasteiger partial charge in [0.15, 0.2) is 5.96 Å². The maximum absolute atomic E-state index is 8.19. The number of hydrogen-bond acceptors (Lipinski definition) is 2. The maximum Gasteiger partial charge on any atom is 0.182 e. The van der Waals surface area contributed by atoms with Gasteiger partial charge in [-0.1, -0.05) is 0 Å². The summed E-state index contributed by atoms with van der Waals surface area (Å²) < 4.78 is 0. The Labute approximate surface area is 51.6 Å². The van der Waals surface area contributed by atoms with Crippen molar-refractivity contribution in [2.75, 3.05) is 13.2 Å². The van der Waals surface area contributed by atoms with Gasteiger partial charge in [-0.25, -0.2) is 0 Å². The quantitative estimate of drug-likeness (QED) is 0.174. The Balaban J connectivity index is 3.69. The number of nitrogens with two attached hydrogens (primary N) is 1. The van der Waals surface area contributed by atoms with Crippen LogP contribution in [0.4, 0.5) is 0 Å². The number of aliphatic imine (C=N–C) groups is 1. The predicted molar refractivity (Wildman–Crippen MR) is 32.7 cm³/mol. The van der Waals surface area contributed by atoms with Crippen molar-refractivity contribution in [2.45, 2.75) is 0 Å². The van der Waals surface area contributed by atoms with Crippen molar-refractivity contribution in [3.05, 3.63) is 10.4 Å². The highest BCUT2D eigenvalue weighted by Crippen LogP contribution is 1.72. The molecule has 0 bridgehead atoms. The van der Waals surface area contributed by atoms with Crippen LogP contribution in [-0.4, -0.2) is 24.2 Å². The lowest BCUT2D eigenvalue weighted by molar-refractivity contribution is 0.307. The molecular formula is C3H7N5O. The molecule has 6 nitrogen and oxygen atoms in total. The van der Waals surface area contributed by atoms with Crippen molar-refractivity contribution in [1.82, 2.24) is 0 Å². The first-order chi connectivity index (χ1) is 4.31. The summed E-state index contributed by atoms with van der Waals surface area (Å²) >= 11 is 0. The number of aliphatic hydroxyl groups is 1. The standard InChI is InChI=1S/C3H7N5O/c4-3(7-8-5)6-1-2-9/h9H,1-2H2,(H2,4,6). The van der Waals surface area contributed by atoms with Gasteiger partial charge in [0.25, 0.3) is 0 Å². The van der Waals surface area contributed by atoms with Gasteiger partial charge in [-0.3, -0.25) is 4.99 Å². The molecule has 0 unspecified atom stereocenters. The molecule has 0 spiro atoms. The monoisotopic (exact) mass is 129 g/mol. The van der Waals surface area contributed by atoms with E-state index in [0.717, 1.165) is 0 Å². The van der Waals surface area contributed by atoms with Crippen LogP contribution in [0, 0.1) is 0 Å². The van der Waals surface area contributed by atoms with Crippen LogP contribution in [-0.2, 0) is 0 Å². The fraction of sp³-hybridized carbons (Fsp3) is 0.667. The number of aliphatic hydroxyl groups excluding tert-OH is 1. The summed E-state index contributed by atoms with van der Waals surface area (Å²) in [5.74, 6) is -0.147. The Morgan fingerprint density at radius 2 is 2.44 bits per heavy atom. The first kappa shape index (κ1) is 7.74. The molecule has 0 radical (unpaired) electrons. The predicted octanol–water partition coefficient (Wildman–Crippen LogP) is -0.396. The second-order valence-corrected chi connectivity index (χ2v) is 1.15. The Bertz CT molecular complexity index is 146. The highest BCUT2D eigenvalue weighted by molar-refractivity contribution is 5.78. The summed E-state index contributed by atoms with van der Waals surface area (Å²) in [6.45, 7) is 0.0759. The lowest BCUT2D eigenvalue weighted by atomic mass is 10.7. The normalized spacial score (nSPS) is 10.6. The van der Waals surface area contributed by atoms with E-state index >= 15 is 0 Å². The minimum atomic E-state index is -0.147. The number of rotatable bonds is 2. The molecule has 0 saturated carbocycles. The molecule has 0 aromatic rings. The third kappa shape index (κ3) is 4.60. The highest BCUT2D eigenvalue weighted by Gasteiger charge is 1.80. The summed E-state index contributed by atoms with van der Waals surface area (Å²) in [7, 11) is 0. The summed E-state index contributed by atoms with van der Waals surface area (Å²) in [6, 6.07) is 0. The van der Waals surface area contributed by atoms with E-state index in [2.05, 4.69) is 15.0 Å². The van der Waals surface area contributed by atoms with E-state index in [1.807, 2.05) is 0 Å². The van der Waals surface area contributed by atoms with Gasteiger partial charge >= 0.3 is 0 Å². The van der Waals surface area contributed by atoms with Crippen LogP contribution in [0.1, 0.15) is 0 Å². The van der Waals surface area contributed by atoms with Gasteiger partial charge in [0.05, 0.1) is 13.2 Å². The molecule has 0 aliphatic heterocycles. The Kier molecular flexibility index (Phi) is 4.20.